The van der Waals surface area contributed by atoms with Crippen molar-refractivity contribution in [1.29, 1.82) is 0 Å². The normalized spacial score (nSPS) is 18.9. The quantitative estimate of drug-likeness (QED) is 0.562. The van der Waals surface area contributed by atoms with E-state index in [1.54, 1.807) is 24.9 Å². The summed E-state index contributed by atoms with van der Waals surface area (Å²) in [5.74, 6) is 0. The summed E-state index contributed by atoms with van der Waals surface area (Å²) in [5, 5.41) is 0. The first-order chi connectivity index (χ1) is 14.9. The van der Waals surface area contributed by atoms with E-state index >= 15 is 0 Å². The number of hydrogen-bond donors (Lipinski definition) is 0. The van der Waals surface area contributed by atoms with Crippen LogP contribution in [0.25, 0.3) is 5.57 Å². The van der Waals surface area contributed by atoms with Gasteiger partial charge < -0.3 is 9.80 Å². The highest BCUT2D eigenvalue weighted by atomic mass is 32.2. The van der Waals surface area contributed by atoms with E-state index < -0.39 is 10.0 Å². The molecule has 1 fully saturated rings. The standard InChI is InChI=1S/C24H31N3O2S2/c1-4-26(3)31(28,29)19-11-12-24-22(18-19)20(21-8-5-6-10-23(21)30-24)9-7-13-27-16-14-25(2)15-17-27/h5-6,8-12,18H,4,7,13-17H2,1-3H3/b20-9-. The zero-order valence-corrected chi connectivity index (χ0v) is 20.2. The van der Waals surface area contributed by atoms with Gasteiger partial charge in [0.2, 0.25) is 10.0 Å². The van der Waals surface area contributed by atoms with Crippen LogP contribution >= 0.6 is 11.8 Å². The van der Waals surface area contributed by atoms with Gasteiger partial charge in [-0.1, -0.05) is 43.0 Å². The molecule has 1 saturated heterocycles. The highest BCUT2D eigenvalue weighted by Gasteiger charge is 2.25. The maximum absolute atomic E-state index is 12.9. The van der Waals surface area contributed by atoms with Crippen molar-refractivity contribution in [3.63, 3.8) is 0 Å². The fourth-order valence-electron chi connectivity index (χ4n) is 4.04. The van der Waals surface area contributed by atoms with Gasteiger partial charge in [0, 0.05) is 56.1 Å². The third-order valence-corrected chi connectivity index (χ3v) is 9.26. The predicted molar refractivity (Wildman–Crippen MR) is 128 cm³/mol. The van der Waals surface area contributed by atoms with Crippen molar-refractivity contribution in [1.82, 2.24) is 14.1 Å². The number of likely N-dealkylation sites (N-methyl/N-ethyl adjacent to an activating group) is 1. The monoisotopic (exact) mass is 457 g/mol. The number of hydrogen-bond acceptors (Lipinski definition) is 5. The van der Waals surface area contributed by atoms with Crippen LogP contribution in [0.4, 0.5) is 0 Å². The number of piperazine rings is 1. The molecule has 2 aliphatic heterocycles. The van der Waals surface area contributed by atoms with Gasteiger partial charge in [0.05, 0.1) is 4.90 Å². The molecule has 2 aliphatic rings. The smallest absolute Gasteiger partial charge is 0.242 e. The van der Waals surface area contributed by atoms with E-state index in [2.05, 4.69) is 47.2 Å². The minimum absolute atomic E-state index is 0.362. The lowest BCUT2D eigenvalue weighted by Gasteiger charge is -2.32. The van der Waals surface area contributed by atoms with Crippen molar-refractivity contribution in [2.45, 2.75) is 28.0 Å². The van der Waals surface area contributed by atoms with Crippen molar-refractivity contribution >= 4 is 27.4 Å². The molecule has 0 saturated carbocycles. The number of rotatable bonds is 6. The topological polar surface area (TPSA) is 43.9 Å². The Kier molecular flexibility index (Phi) is 6.89. The van der Waals surface area contributed by atoms with Gasteiger partial charge in [0.25, 0.3) is 0 Å². The van der Waals surface area contributed by atoms with Crippen LogP contribution in [-0.2, 0) is 10.0 Å². The minimum atomic E-state index is -3.48. The Labute approximate surface area is 190 Å². The van der Waals surface area contributed by atoms with Crippen LogP contribution in [-0.4, -0.2) is 75.9 Å². The zero-order valence-electron chi connectivity index (χ0n) is 18.5. The van der Waals surface area contributed by atoms with Crippen LogP contribution in [0.5, 0.6) is 0 Å². The van der Waals surface area contributed by atoms with Crippen LogP contribution < -0.4 is 0 Å². The Morgan fingerprint density at radius 1 is 1.03 bits per heavy atom. The molecule has 5 nitrogen and oxygen atoms in total. The number of nitrogens with zero attached hydrogens (tertiary/aromatic N) is 3. The first kappa shape index (κ1) is 22.6. The molecule has 31 heavy (non-hydrogen) atoms. The molecule has 2 heterocycles. The van der Waals surface area contributed by atoms with Gasteiger partial charge in [-0.3, -0.25) is 0 Å². The Morgan fingerprint density at radius 2 is 1.74 bits per heavy atom. The predicted octanol–water partition coefficient (Wildman–Crippen LogP) is 3.86. The first-order valence-electron chi connectivity index (χ1n) is 10.9. The number of fused-ring (bicyclic) bond motifs is 2. The molecular formula is C24H31N3O2S2. The molecule has 0 bridgehead atoms. The Bertz CT molecular complexity index is 1070. The lowest BCUT2D eigenvalue weighted by atomic mass is 9.96. The van der Waals surface area contributed by atoms with Crippen LogP contribution in [0.3, 0.4) is 0 Å². The van der Waals surface area contributed by atoms with E-state index in [1.807, 2.05) is 19.1 Å². The molecule has 0 aromatic heterocycles. The summed E-state index contributed by atoms with van der Waals surface area (Å²) in [6, 6.07) is 14.0. The van der Waals surface area contributed by atoms with E-state index in [4.69, 9.17) is 0 Å². The van der Waals surface area contributed by atoms with E-state index in [0.29, 0.717) is 11.4 Å². The molecular weight excluding hydrogens is 426 g/mol. The molecule has 0 unspecified atom stereocenters. The summed E-state index contributed by atoms with van der Waals surface area (Å²) in [6.45, 7) is 7.77. The first-order valence-corrected chi connectivity index (χ1v) is 13.1. The average Bonchev–Trinajstić information content (AvgIpc) is 2.78. The molecule has 0 atom stereocenters. The third kappa shape index (κ3) is 4.76. The Morgan fingerprint density at radius 3 is 2.48 bits per heavy atom. The highest BCUT2D eigenvalue weighted by molar-refractivity contribution is 7.99. The van der Waals surface area contributed by atoms with Gasteiger partial charge in [0.1, 0.15) is 0 Å². The van der Waals surface area contributed by atoms with Crippen molar-refractivity contribution < 1.29 is 8.42 Å². The van der Waals surface area contributed by atoms with Crippen LogP contribution in [0, 0.1) is 0 Å². The maximum atomic E-state index is 12.9. The van der Waals surface area contributed by atoms with Crippen LogP contribution in [0.15, 0.2) is 63.2 Å². The third-order valence-electron chi connectivity index (χ3n) is 6.18. The number of benzene rings is 2. The molecule has 7 heteroatoms. The molecule has 0 N–H and O–H groups in total. The van der Waals surface area contributed by atoms with Gasteiger partial charge >= 0.3 is 0 Å². The number of sulfonamides is 1. The van der Waals surface area contributed by atoms with Crippen LogP contribution in [0.2, 0.25) is 0 Å². The molecule has 0 spiro atoms. The molecule has 2 aromatic rings. The van der Waals surface area contributed by atoms with Gasteiger partial charge in [-0.15, -0.1) is 0 Å². The molecule has 4 rings (SSSR count). The van der Waals surface area contributed by atoms with Crippen LogP contribution in [0.1, 0.15) is 24.5 Å². The maximum Gasteiger partial charge on any atom is 0.242 e. The van der Waals surface area contributed by atoms with Crippen molar-refractivity contribution in [3.05, 3.63) is 59.7 Å². The summed E-state index contributed by atoms with van der Waals surface area (Å²) in [5.41, 5.74) is 3.36. The lowest BCUT2D eigenvalue weighted by Crippen LogP contribution is -2.44. The zero-order chi connectivity index (χ0) is 22.0. The second-order valence-corrected chi connectivity index (χ2v) is 11.4. The Balaban J connectivity index is 1.67. The summed E-state index contributed by atoms with van der Waals surface area (Å²) in [4.78, 5) is 7.58. The summed E-state index contributed by atoms with van der Waals surface area (Å²) < 4.78 is 27.3. The van der Waals surface area contributed by atoms with E-state index in [0.717, 1.165) is 55.2 Å². The average molecular weight is 458 g/mol. The minimum Gasteiger partial charge on any atom is -0.304 e. The summed E-state index contributed by atoms with van der Waals surface area (Å²) in [7, 11) is 0.323. The van der Waals surface area contributed by atoms with E-state index in [9.17, 15) is 8.42 Å². The Hall–Kier alpha value is -1.64. The fraction of sp³-hybridized carbons (Fsp3) is 0.417. The molecule has 166 valence electrons. The van der Waals surface area contributed by atoms with Gasteiger partial charge in [-0.2, -0.15) is 0 Å². The largest absolute Gasteiger partial charge is 0.304 e. The van der Waals surface area contributed by atoms with Crippen molar-refractivity contribution in [2.24, 2.45) is 0 Å². The molecule has 0 aliphatic carbocycles. The SMILES string of the molecule is CCN(C)S(=O)(=O)c1ccc2c(c1)/C(=C\CCN1CCN(C)CC1)c1ccccc1S2. The molecule has 0 amide bonds. The van der Waals surface area contributed by atoms with Gasteiger partial charge in [0.15, 0.2) is 0 Å². The van der Waals surface area contributed by atoms with Crippen molar-refractivity contribution in [2.75, 3.05) is 53.4 Å². The second kappa shape index (κ2) is 9.46. The molecule has 0 radical (unpaired) electrons. The summed E-state index contributed by atoms with van der Waals surface area (Å²) >= 11 is 1.72. The van der Waals surface area contributed by atoms with E-state index in [-0.39, 0.29) is 0 Å². The second-order valence-electron chi connectivity index (χ2n) is 8.23. The highest BCUT2D eigenvalue weighted by Crippen LogP contribution is 2.46. The van der Waals surface area contributed by atoms with E-state index in [1.165, 1.54) is 14.8 Å². The van der Waals surface area contributed by atoms with Gasteiger partial charge in [-0.25, -0.2) is 12.7 Å². The van der Waals surface area contributed by atoms with Gasteiger partial charge in [-0.05, 0) is 54.4 Å². The fourth-order valence-corrected chi connectivity index (χ4v) is 6.34. The lowest BCUT2D eigenvalue weighted by molar-refractivity contribution is 0.156. The molecule has 2 aromatic carbocycles. The summed E-state index contributed by atoms with van der Waals surface area (Å²) in [6.07, 6.45) is 3.25. The van der Waals surface area contributed by atoms with Crippen molar-refractivity contribution in [3.8, 4) is 0 Å².